The molecular formula is C26H24N2O3S2. The third kappa shape index (κ3) is 5.57. The van der Waals surface area contributed by atoms with Crippen LogP contribution in [0.5, 0.6) is 5.75 Å². The molecule has 0 aliphatic heterocycles. The molecule has 0 radical (unpaired) electrons. The summed E-state index contributed by atoms with van der Waals surface area (Å²) in [6, 6.07) is 25.3. The van der Waals surface area contributed by atoms with Gasteiger partial charge in [0.25, 0.3) is 0 Å². The number of hydrogen-bond donors (Lipinski definition) is 0. The van der Waals surface area contributed by atoms with E-state index in [9.17, 15) is 18.9 Å². The Hall–Kier alpha value is -3.26. The highest BCUT2D eigenvalue weighted by Crippen LogP contribution is 2.37. The highest BCUT2D eigenvalue weighted by atomic mass is 32.2. The zero-order valence-electron chi connectivity index (χ0n) is 18.6. The number of rotatable bonds is 8. The van der Waals surface area contributed by atoms with E-state index in [2.05, 4.69) is 0 Å². The first-order valence-corrected chi connectivity index (χ1v) is 12.7. The van der Waals surface area contributed by atoms with Crippen molar-refractivity contribution in [2.75, 3.05) is 7.11 Å². The SMILES string of the molecule is COc1ccc([C@H](C(C#N)C#N)C(S(=O)c2ccc(C)cc2)S(=O)c2ccc(C)cc2)cc1. The minimum Gasteiger partial charge on any atom is -0.497 e. The highest BCUT2D eigenvalue weighted by molar-refractivity contribution is 8.03. The molecule has 3 aromatic carbocycles. The number of methoxy groups -OCH3 is 1. The summed E-state index contributed by atoms with van der Waals surface area (Å²) < 4.78 is 32.0. The quantitative estimate of drug-likeness (QED) is 0.456. The minimum absolute atomic E-state index is 0.499. The Morgan fingerprint density at radius 2 is 1.15 bits per heavy atom. The summed E-state index contributed by atoms with van der Waals surface area (Å²) in [6.45, 7) is 3.85. The Kier molecular flexibility index (Phi) is 8.16. The van der Waals surface area contributed by atoms with Crippen LogP contribution in [0, 0.1) is 42.4 Å². The topological polar surface area (TPSA) is 90.9 Å². The van der Waals surface area contributed by atoms with Crippen molar-refractivity contribution in [2.24, 2.45) is 5.92 Å². The summed E-state index contributed by atoms with van der Waals surface area (Å²) in [7, 11) is -1.98. The Bertz CT molecular complexity index is 1150. The van der Waals surface area contributed by atoms with Gasteiger partial charge in [0.05, 0.1) is 40.8 Å². The first-order chi connectivity index (χ1) is 15.9. The van der Waals surface area contributed by atoms with Crippen molar-refractivity contribution in [2.45, 2.75) is 34.1 Å². The zero-order valence-corrected chi connectivity index (χ0v) is 20.2. The predicted molar refractivity (Wildman–Crippen MR) is 129 cm³/mol. The van der Waals surface area contributed by atoms with Crippen LogP contribution < -0.4 is 4.74 Å². The number of nitrogens with zero attached hydrogens (tertiary/aromatic N) is 2. The summed E-state index contributed by atoms with van der Waals surface area (Å²) in [5.74, 6) is -1.39. The molecule has 0 aliphatic rings. The summed E-state index contributed by atoms with van der Waals surface area (Å²) in [6.07, 6.45) is 0. The molecule has 2 unspecified atom stereocenters. The van der Waals surface area contributed by atoms with Crippen molar-refractivity contribution >= 4 is 21.6 Å². The van der Waals surface area contributed by atoms with E-state index in [1.807, 2.05) is 50.3 Å². The van der Waals surface area contributed by atoms with Crippen molar-refractivity contribution in [3.05, 3.63) is 89.5 Å². The fourth-order valence-corrected chi connectivity index (χ4v) is 7.29. The molecule has 7 heteroatoms. The van der Waals surface area contributed by atoms with Crippen molar-refractivity contribution in [3.63, 3.8) is 0 Å². The molecule has 3 atom stereocenters. The smallest absolute Gasteiger partial charge is 0.142 e. The molecule has 0 aromatic heterocycles. The Labute approximate surface area is 199 Å². The number of hydrogen-bond acceptors (Lipinski definition) is 5. The first kappa shape index (κ1) is 24.4. The van der Waals surface area contributed by atoms with Gasteiger partial charge in [-0.2, -0.15) is 10.5 Å². The molecule has 33 heavy (non-hydrogen) atoms. The summed E-state index contributed by atoms with van der Waals surface area (Å²) in [5.41, 5.74) is 2.62. The highest BCUT2D eigenvalue weighted by Gasteiger charge is 2.40. The molecule has 0 N–H and O–H groups in total. The fraction of sp³-hybridized carbons (Fsp3) is 0.231. The average molecular weight is 477 g/mol. The number of aryl methyl sites for hydroxylation is 2. The van der Waals surface area contributed by atoms with Gasteiger partial charge < -0.3 is 4.74 Å². The van der Waals surface area contributed by atoms with Crippen molar-refractivity contribution < 1.29 is 13.2 Å². The van der Waals surface area contributed by atoms with Crippen LogP contribution in [0.4, 0.5) is 0 Å². The zero-order chi connectivity index (χ0) is 24.0. The lowest BCUT2D eigenvalue weighted by Crippen LogP contribution is -2.33. The van der Waals surface area contributed by atoms with E-state index in [1.54, 1.807) is 55.6 Å². The lowest BCUT2D eigenvalue weighted by atomic mass is 9.89. The standard InChI is InChI=1S/C26H24N2O3S2/c1-18-4-12-23(13-5-18)32(29)26(33(30)24-14-6-19(2)7-15-24)25(21(16-27)17-28)20-8-10-22(31-3)11-9-20/h4-15,21,25-26H,1-3H3/t25-,26?,32?,33?/m1/s1. The van der Waals surface area contributed by atoms with E-state index in [1.165, 1.54) is 0 Å². The molecule has 0 heterocycles. The number of nitriles is 2. The molecule has 0 bridgehead atoms. The number of benzene rings is 3. The van der Waals surface area contributed by atoms with Crippen LogP contribution in [-0.4, -0.2) is 20.1 Å². The predicted octanol–water partition coefficient (Wildman–Crippen LogP) is 5.00. The van der Waals surface area contributed by atoms with E-state index < -0.39 is 38.0 Å². The molecule has 0 saturated heterocycles. The minimum atomic E-state index is -1.76. The van der Waals surface area contributed by atoms with E-state index in [4.69, 9.17) is 4.74 Å². The van der Waals surface area contributed by atoms with Gasteiger partial charge in [0.2, 0.25) is 0 Å². The molecule has 0 spiro atoms. The van der Waals surface area contributed by atoms with Crippen LogP contribution in [0.1, 0.15) is 22.6 Å². The van der Waals surface area contributed by atoms with Gasteiger partial charge in [0.1, 0.15) is 16.2 Å². The third-order valence-electron chi connectivity index (χ3n) is 5.36. The van der Waals surface area contributed by atoms with Crippen molar-refractivity contribution in [1.82, 2.24) is 0 Å². The van der Waals surface area contributed by atoms with Gasteiger partial charge in [-0.25, -0.2) is 0 Å². The maximum absolute atomic E-state index is 13.9. The van der Waals surface area contributed by atoms with Crippen LogP contribution in [0.2, 0.25) is 0 Å². The van der Waals surface area contributed by atoms with Gasteiger partial charge in [0.15, 0.2) is 0 Å². The van der Waals surface area contributed by atoms with Gasteiger partial charge in [-0.1, -0.05) is 47.5 Å². The van der Waals surface area contributed by atoms with Gasteiger partial charge in [-0.3, -0.25) is 8.42 Å². The molecule has 0 fully saturated rings. The van der Waals surface area contributed by atoms with Gasteiger partial charge in [-0.15, -0.1) is 0 Å². The maximum atomic E-state index is 13.9. The monoisotopic (exact) mass is 476 g/mol. The van der Waals surface area contributed by atoms with Crippen molar-refractivity contribution in [1.29, 1.82) is 10.5 Å². The van der Waals surface area contributed by atoms with Crippen LogP contribution in [0.15, 0.2) is 82.6 Å². The molecule has 168 valence electrons. The maximum Gasteiger partial charge on any atom is 0.142 e. The lowest BCUT2D eigenvalue weighted by molar-refractivity contribution is 0.414. The van der Waals surface area contributed by atoms with E-state index in [0.717, 1.165) is 11.1 Å². The molecule has 0 aliphatic carbocycles. The lowest BCUT2D eigenvalue weighted by Gasteiger charge is -2.27. The van der Waals surface area contributed by atoms with Crippen molar-refractivity contribution in [3.8, 4) is 17.9 Å². The van der Waals surface area contributed by atoms with E-state index in [-0.39, 0.29) is 0 Å². The summed E-state index contributed by atoms with van der Waals surface area (Å²) in [4.78, 5) is 0.999. The first-order valence-electron chi connectivity index (χ1n) is 10.3. The Morgan fingerprint density at radius 3 is 1.52 bits per heavy atom. The average Bonchev–Trinajstić information content (AvgIpc) is 2.84. The fourth-order valence-electron chi connectivity index (χ4n) is 3.48. The van der Waals surface area contributed by atoms with E-state index in [0.29, 0.717) is 21.1 Å². The van der Waals surface area contributed by atoms with Crippen LogP contribution in [-0.2, 0) is 21.6 Å². The summed E-state index contributed by atoms with van der Waals surface area (Å²) in [5, 5.41) is 19.6. The Balaban J connectivity index is 2.19. The number of ether oxygens (including phenoxy) is 1. The second-order valence-corrected chi connectivity index (χ2v) is 11.1. The molecule has 0 saturated carbocycles. The second kappa shape index (κ2) is 11.0. The molecular weight excluding hydrogens is 452 g/mol. The largest absolute Gasteiger partial charge is 0.497 e. The van der Waals surface area contributed by atoms with Gasteiger partial charge >= 0.3 is 0 Å². The van der Waals surface area contributed by atoms with Crippen LogP contribution in [0.3, 0.4) is 0 Å². The third-order valence-corrected chi connectivity index (χ3v) is 9.31. The molecule has 3 rings (SSSR count). The van der Waals surface area contributed by atoms with E-state index >= 15 is 0 Å². The van der Waals surface area contributed by atoms with Crippen LogP contribution in [0.25, 0.3) is 0 Å². The Morgan fingerprint density at radius 1 is 0.727 bits per heavy atom. The molecule has 0 amide bonds. The van der Waals surface area contributed by atoms with Gasteiger partial charge in [0, 0.05) is 15.7 Å². The summed E-state index contributed by atoms with van der Waals surface area (Å²) >= 11 is 0. The van der Waals surface area contributed by atoms with Crippen LogP contribution >= 0.6 is 0 Å². The normalized spacial score (nSPS) is 14.5. The van der Waals surface area contributed by atoms with Gasteiger partial charge in [-0.05, 0) is 55.8 Å². The molecule has 3 aromatic rings. The molecule has 5 nitrogen and oxygen atoms in total. The second-order valence-electron chi connectivity index (χ2n) is 7.62.